The molecule has 5 nitrogen and oxygen atoms in total. The molecule has 0 radical (unpaired) electrons. The summed E-state index contributed by atoms with van der Waals surface area (Å²) in [6.45, 7) is 3.14. The summed E-state index contributed by atoms with van der Waals surface area (Å²) in [4.78, 5) is 11.5. The summed E-state index contributed by atoms with van der Waals surface area (Å²) in [6, 6.07) is 9.42. The predicted molar refractivity (Wildman–Crippen MR) is 69.4 cm³/mol. The lowest BCUT2D eigenvalue weighted by Gasteiger charge is -2.26. The number of carbonyl (C=O) groups is 1. The number of hydrogen-bond acceptors (Lipinski definition) is 5. The fourth-order valence-corrected chi connectivity index (χ4v) is 1.44. The number of rotatable bonds is 7. The van der Waals surface area contributed by atoms with E-state index in [1.54, 1.807) is 6.92 Å². The molecule has 0 heterocycles. The Morgan fingerprint density at radius 1 is 1.37 bits per heavy atom. The van der Waals surface area contributed by atoms with Crippen LogP contribution in [0, 0.1) is 0 Å². The standard InChI is InChI=1S/C14H20O5/c1-3-19-13(16)14(2,17)12(15)10-18-9-11-7-5-4-6-8-11/h4-8,12,15,17H,3,9-10H2,1-2H3/t12-,14+/m1/s1. The average molecular weight is 268 g/mol. The Kier molecular flexibility index (Phi) is 5.95. The van der Waals surface area contributed by atoms with Crippen LogP contribution in [-0.2, 0) is 20.9 Å². The van der Waals surface area contributed by atoms with E-state index in [1.165, 1.54) is 6.92 Å². The Balaban J connectivity index is 2.42. The molecule has 0 amide bonds. The van der Waals surface area contributed by atoms with Gasteiger partial charge in [-0.05, 0) is 19.4 Å². The number of aliphatic hydroxyl groups is 2. The van der Waals surface area contributed by atoms with Gasteiger partial charge in [-0.25, -0.2) is 4.79 Å². The molecule has 0 aliphatic rings. The summed E-state index contributed by atoms with van der Waals surface area (Å²) in [5, 5.41) is 19.7. The quantitative estimate of drug-likeness (QED) is 0.718. The van der Waals surface area contributed by atoms with Gasteiger partial charge >= 0.3 is 5.97 Å². The maximum Gasteiger partial charge on any atom is 0.340 e. The SMILES string of the molecule is CCOC(=O)[C@@](C)(O)[C@H](O)COCc1ccccc1. The lowest BCUT2D eigenvalue weighted by molar-refractivity contribution is -0.179. The molecule has 0 saturated heterocycles. The molecule has 0 spiro atoms. The van der Waals surface area contributed by atoms with E-state index in [-0.39, 0.29) is 13.2 Å². The third-order valence-electron chi connectivity index (χ3n) is 2.72. The highest BCUT2D eigenvalue weighted by Gasteiger charge is 2.40. The van der Waals surface area contributed by atoms with Crippen LogP contribution in [0.25, 0.3) is 0 Å². The Hall–Kier alpha value is -1.43. The van der Waals surface area contributed by atoms with Crippen LogP contribution < -0.4 is 0 Å². The first-order chi connectivity index (χ1) is 8.98. The molecule has 0 saturated carbocycles. The molecule has 2 atom stereocenters. The van der Waals surface area contributed by atoms with E-state index in [4.69, 9.17) is 4.74 Å². The molecule has 1 rings (SSSR count). The van der Waals surface area contributed by atoms with Crippen molar-refractivity contribution in [2.75, 3.05) is 13.2 Å². The highest BCUT2D eigenvalue weighted by atomic mass is 16.6. The molecule has 1 aromatic rings. The normalized spacial score (nSPS) is 15.6. The van der Waals surface area contributed by atoms with Gasteiger partial charge in [-0.1, -0.05) is 30.3 Å². The van der Waals surface area contributed by atoms with Crippen LogP contribution in [0.4, 0.5) is 0 Å². The molecule has 0 fully saturated rings. The third-order valence-corrected chi connectivity index (χ3v) is 2.72. The number of ether oxygens (including phenoxy) is 2. The Labute approximate surface area is 112 Å². The summed E-state index contributed by atoms with van der Waals surface area (Å²) >= 11 is 0. The second-order valence-electron chi connectivity index (χ2n) is 4.38. The molecule has 106 valence electrons. The molecule has 0 bridgehead atoms. The van der Waals surface area contributed by atoms with E-state index >= 15 is 0 Å². The number of carbonyl (C=O) groups excluding carboxylic acids is 1. The Morgan fingerprint density at radius 3 is 2.58 bits per heavy atom. The monoisotopic (exact) mass is 268 g/mol. The molecule has 19 heavy (non-hydrogen) atoms. The number of esters is 1. The van der Waals surface area contributed by atoms with Crippen molar-refractivity contribution in [2.24, 2.45) is 0 Å². The zero-order chi connectivity index (χ0) is 14.3. The fraction of sp³-hybridized carbons (Fsp3) is 0.500. The van der Waals surface area contributed by atoms with Gasteiger partial charge in [0.1, 0.15) is 6.10 Å². The predicted octanol–water partition coefficient (Wildman–Crippen LogP) is 0.878. The minimum atomic E-state index is -1.97. The van der Waals surface area contributed by atoms with Crippen LogP contribution in [0.1, 0.15) is 19.4 Å². The minimum Gasteiger partial charge on any atom is -0.464 e. The number of aliphatic hydroxyl groups excluding tert-OH is 1. The molecule has 0 unspecified atom stereocenters. The van der Waals surface area contributed by atoms with E-state index < -0.39 is 17.7 Å². The van der Waals surface area contributed by atoms with E-state index in [9.17, 15) is 15.0 Å². The van der Waals surface area contributed by atoms with Crippen LogP contribution >= 0.6 is 0 Å². The van der Waals surface area contributed by atoms with Gasteiger partial charge in [0, 0.05) is 0 Å². The molecule has 0 aliphatic heterocycles. The summed E-state index contributed by atoms with van der Waals surface area (Å²) < 4.78 is 9.97. The second-order valence-corrected chi connectivity index (χ2v) is 4.38. The Bertz CT molecular complexity index is 388. The van der Waals surface area contributed by atoms with Crippen molar-refractivity contribution in [3.63, 3.8) is 0 Å². The van der Waals surface area contributed by atoms with E-state index in [0.717, 1.165) is 5.56 Å². The van der Waals surface area contributed by atoms with Crippen molar-refractivity contribution in [2.45, 2.75) is 32.2 Å². The van der Waals surface area contributed by atoms with Gasteiger partial charge in [0.05, 0.1) is 19.8 Å². The van der Waals surface area contributed by atoms with Crippen LogP contribution in [0.3, 0.4) is 0 Å². The van der Waals surface area contributed by atoms with Gasteiger partial charge in [-0.3, -0.25) is 0 Å². The van der Waals surface area contributed by atoms with Crippen molar-refractivity contribution >= 4 is 5.97 Å². The van der Waals surface area contributed by atoms with Gasteiger partial charge in [-0.2, -0.15) is 0 Å². The maximum absolute atomic E-state index is 11.5. The molecule has 0 aliphatic carbocycles. The molecule has 0 aromatic heterocycles. The van der Waals surface area contributed by atoms with Gasteiger partial charge in [-0.15, -0.1) is 0 Å². The van der Waals surface area contributed by atoms with Crippen molar-refractivity contribution < 1.29 is 24.5 Å². The summed E-state index contributed by atoms with van der Waals surface area (Å²) in [7, 11) is 0. The van der Waals surface area contributed by atoms with Crippen molar-refractivity contribution in [3.8, 4) is 0 Å². The smallest absolute Gasteiger partial charge is 0.340 e. The van der Waals surface area contributed by atoms with Gasteiger partial charge in [0.15, 0.2) is 5.60 Å². The number of benzene rings is 1. The van der Waals surface area contributed by atoms with Crippen LogP contribution in [0.5, 0.6) is 0 Å². The van der Waals surface area contributed by atoms with Crippen LogP contribution in [0.15, 0.2) is 30.3 Å². The summed E-state index contributed by atoms with van der Waals surface area (Å²) in [5.41, 5.74) is -1.02. The van der Waals surface area contributed by atoms with Crippen LogP contribution in [0.2, 0.25) is 0 Å². The highest BCUT2D eigenvalue weighted by molar-refractivity contribution is 5.79. The van der Waals surface area contributed by atoms with Crippen molar-refractivity contribution in [1.29, 1.82) is 0 Å². The summed E-state index contributed by atoms with van der Waals surface area (Å²) in [6.07, 6.45) is -1.34. The first-order valence-electron chi connectivity index (χ1n) is 6.17. The van der Waals surface area contributed by atoms with Gasteiger partial charge < -0.3 is 19.7 Å². The molecule has 5 heteroatoms. The average Bonchev–Trinajstić information content (AvgIpc) is 2.40. The highest BCUT2D eigenvalue weighted by Crippen LogP contribution is 2.13. The van der Waals surface area contributed by atoms with Crippen LogP contribution in [-0.4, -0.2) is 41.1 Å². The minimum absolute atomic E-state index is 0.145. The van der Waals surface area contributed by atoms with E-state index in [2.05, 4.69) is 4.74 Å². The lowest BCUT2D eigenvalue weighted by atomic mass is 10.0. The zero-order valence-corrected chi connectivity index (χ0v) is 11.2. The van der Waals surface area contributed by atoms with Gasteiger partial charge in [0.25, 0.3) is 0 Å². The molecule has 1 aromatic carbocycles. The van der Waals surface area contributed by atoms with Crippen molar-refractivity contribution in [1.82, 2.24) is 0 Å². The first kappa shape index (κ1) is 15.6. The zero-order valence-electron chi connectivity index (χ0n) is 11.2. The van der Waals surface area contributed by atoms with E-state index in [1.807, 2.05) is 30.3 Å². The molecule has 2 N–H and O–H groups in total. The summed E-state index contributed by atoms with van der Waals surface area (Å²) in [5.74, 6) is -0.856. The van der Waals surface area contributed by atoms with Gasteiger partial charge in [0.2, 0.25) is 0 Å². The lowest BCUT2D eigenvalue weighted by Crippen LogP contribution is -2.50. The largest absolute Gasteiger partial charge is 0.464 e. The van der Waals surface area contributed by atoms with Crippen molar-refractivity contribution in [3.05, 3.63) is 35.9 Å². The molecular formula is C14H20O5. The topological polar surface area (TPSA) is 76.0 Å². The first-order valence-corrected chi connectivity index (χ1v) is 6.17. The van der Waals surface area contributed by atoms with E-state index in [0.29, 0.717) is 6.61 Å². The molecular weight excluding hydrogens is 248 g/mol. The second kappa shape index (κ2) is 7.23. The maximum atomic E-state index is 11.5. The Morgan fingerprint density at radius 2 is 2.00 bits per heavy atom. The number of hydrogen-bond donors (Lipinski definition) is 2. The fourth-order valence-electron chi connectivity index (χ4n) is 1.44. The third kappa shape index (κ3) is 4.63.